The van der Waals surface area contributed by atoms with Crippen molar-refractivity contribution in [3.8, 4) is 0 Å². The highest BCUT2D eigenvalue weighted by atomic mass is 33.1. The zero-order chi connectivity index (χ0) is 10.8. The van der Waals surface area contributed by atoms with Crippen LogP contribution in [0, 0.1) is 0 Å². The van der Waals surface area contributed by atoms with Crippen molar-refractivity contribution in [1.82, 2.24) is 4.72 Å². The molecule has 1 aliphatic carbocycles. The quantitative estimate of drug-likeness (QED) is 0.398. The lowest BCUT2D eigenvalue weighted by molar-refractivity contribution is -0.202. The summed E-state index contributed by atoms with van der Waals surface area (Å²) in [5.74, 6) is 0. The van der Waals surface area contributed by atoms with Crippen LogP contribution < -0.4 is 4.72 Å². The van der Waals surface area contributed by atoms with E-state index in [1.807, 2.05) is 0 Å². The van der Waals surface area contributed by atoms with Gasteiger partial charge in [0, 0.05) is 0 Å². The normalized spacial score (nSPS) is 34.5. The predicted molar refractivity (Wildman–Crippen MR) is 53.0 cm³/mol. The van der Waals surface area contributed by atoms with Crippen LogP contribution in [-0.4, -0.2) is 22.9 Å². The average Bonchev–Trinajstić information content (AvgIpc) is 2.07. The van der Waals surface area contributed by atoms with Gasteiger partial charge in [0.2, 0.25) is 0 Å². The lowest BCUT2D eigenvalue weighted by atomic mass is 9.81. The number of aliphatic hydroxyl groups is 1. The van der Waals surface area contributed by atoms with E-state index in [4.69, 9.17) is 5.11 Å². The molecule has 0 unspecified atom stereocenters. The van der Waals surface area contributed by atoms with Crippen molar-refractivity contribution in [2.75, 3.05) is 0 Å². The van der Waals surface area contributed by atoms with E-state index in [2.05, 4.69) is 16.4 Å². The van der Waals surface area contributed by atoms with Gasteiger partial charge in [0.15, 0.2) is 0 Å². The fourth-order valence-electron chi connectivity index (χ4n) is 1.63. The molecule has 7 heteroatoms. The molecular formula is C7H12F3NOS2. The molecule has 1 rings (SSSR count). The van der Waals surface area contributed by atoms with Crippen LogP contribution in [0.15, 0.2) is 0 Å². The molecule has 1 aliphatic rings. The van der Waals surface area contributed by atoms with Gasteiger partial charge in [-0.15, -0.1) is 0 Å². The van der Waals surface area contributed by atoms with Crippen molar-refractivity contribution in [2.24, 2.45) is 0 Å². The molecule has 0 atom stereocenters. The second kappa shape index (κ2) is 4.51. The van der Waals surface area contributed by atoms with Crippen LogP contribution in [0.2, 0.25) is 0 Å². The third-order valence-electron chi connectivity index (χ3n) is 2.59. The molecule has 0 radical (unpaired) electrons. The Morgan fingerprint density at radius 3 is 2.21 bits per heavy atom. The second-order valence-electron chi connectivity index (χ2n) is 3.50. The van der Waals surface area contributed by atoms with Crippen molar-refractivity contribution in [1.29, 1.82) is 0 Å². The third kappa shape index (κ3) is 2.50. The summed E-state index contributed by atoms with van der Waals surface area (Å²) in [6.07, 6.45) is -4.71. The standard InChI is InChI=1S/C7H12F3NOS2/c8-7(9,10)6(11-14-13)3-1-5(12)2-4-6/h5,11-13H,1-4H2/t5-,6+. The molecule has 0 aromatic carbocycles. The first-order valence-corrected chi connectivity index (χ1v) is 6.10. The number of alkyl halides is 3. The van der Waals surface area contributed by atoms with E-state index in [0.29, 0.717) is 11.0 Å². The molecule has 0 saturated heterocycles. The molecule has 2 nitrogen and oxygen atoms in total. The summed E-state index contributed by atoms with van der Waals surface area (Å²) < 4.78 is 40.5. The van der Waals surface area contributed by atoms with Crippen LogP contribution in [0.25, 0.3) is 0 Å². The lowest BCUT2D eigenvalue weighted by Gasteiger charge is -2.39. The van der Waals surface area contributed by atoms with Crippen molar-refractivity contribution >= 4 is 22.6 Å². The number of hydrogen-bond donors (Lipinski definition) is 3. The third-order valence-corrected chi connectivity index (χ3v) is 3.35. The molecule has 0 aromatic heterocycles. The molecule has 0 amide bonds. The molecule has 1 saturated carbocycles. The van der Waals surface area contributed by atoms with Crippen molar-refractivity contribution in [3.05, 3.63) is 0 Å². The van der Waals surface area contributed by atoms with E-state index in [-0.39, 0.29) is 25.7 Å². The van der Waals surface area contributed by atoms with Gasteiger partial charge in [0.25, 0.3) is 0 Å². The first-order chi connectivity index (χ1) is 6.41. The maximum Gasteiger partial charge on any atom is 0.407 e. The van der Waals surface area contributed by atoms with Crippen molar-refractivity contribution in [3.63, 3.8) is 0 Å². The summed E-state index contributed by atoms with van der Waals surface area (Å²) in [6.45, 7) is 0. The smallest absolute Gasteiger partial charge is 0.393 e. The van der Waals surface area contributed by atoms with Crippen LogP contribution in [0.1, 0.15) is 25.7 Å². The molecule has 0 bridgehead atoms. The summed E-state index contributed by atoms with van der Waals surface area (Å²) in [5.41, 5.74) is -1.88. The zero-order valence-corrected chi connectivity index (χ0v) is 9.05. The van der Waals surface area contributed by atoms with Gasteiger partial charge in [-0.3, -0.25) is 0 Å². The van der Waals surface area contributed by atoms with Gasteiger partial charge in [-0.1, -0.05) is 11.7 Å². The van der Waals surface area contributed by atoms with Crippen LogP contribution in [-0.2, 0) is 0 Å². The first kappa shape index (κ1) is 12.5. The van der Waals surface area contributed by atoms with Gasteiger partial charge in [-0.05, 0) is 36.7 Å². The Balaban J connectivity index is 2.73. The molecule has 2 N–H and O–H groups in total. The molecule has 14 heavy (non-hydrogen) atoms. The second-order valence-corrected chi connectivity index (χ2v) is 4.44. The molecule has 0 aromatic rings. The SMILES string of the molecule is O[C@H]1CC[C@](NSS)(C(F)(F)F)CC1. The summed E-state index contributed by atoms with van der Waals surface area (Å²) in [4.78, 5) is 0. The predicted octanol–water partition coefficient (Wildman–Crippen LogP) is 2.30. The summed E-state index contributed by atoms with van der Waals surface area (Å²) in [7, 11) is 0.678. The minimum Gasteiger partial charge on any atom is -0.393 e. The van der Waals surface area contributed by atoms with Crippen LogP contribution in [0.3, 0.4) is 0 Å². The Morgan fingerprint density at radius 1 is 1.36 bits per heavy atom. The number of hydrogen-bond acceptors (Lipinski definition) is 4. The van der Waals surface area contributed by atoms with E-state index < -0.39 is 17.8 Å². The van der Waals surface area contributed by atoms with Gasteiger partial charge < -0.3 is 5.11 Å². The van der Waals surface area contributed by atoms with Crippen LogP contribution in [0.4, 0.5) is 13.2 Å². The van der Waals surface area contributed by atoms with E-state index in [1.54, 1.807) is 0 Å². The lowest BCUT2D eigenvalue weighted by Crippen LogP contribution is -2.56. The fourth-order valence-corrected chi connectivity index (χ4v) is 2.64. The average molecular weight is 247 g/mol. The van der Waals surface area contributed by atoms with E-state index in [9.17, 15) is 13.2 Å². The first-order valence-electron chi connectivity index (χ1n) is 4.24. The highest BCUT2D eigenvalue weighted by Crippen LogP contribution is 2.42. The minimum absolute atomic E-state index is 0.0920. The maximum atomic E-state index is 12.7. The Bertz CT molecular complexity index is 192. The van der Waals surface area contributed by atoms with Gasteiger partial charge >= 0.3 is 6.18 Å². The topological polar surface area (TPSA) is 32.3 Å². The summed E-state index contributed by atoms with van der Waals surface area (Å²) >= 11 is 3.68. The largest absolute Gasteiger partial charge is 0.407 e. The number of rotatable bonds is 2. The van der Waals surface area contributed by atoms with Crippen LogP contribution >= 0.6 is 22.6 Å². The van der Waals surface area contributed by atoms with E-state index in [0.717, 1.165) is 0 Å². The fraction of sp³-hybridized carbons (Fsp3) is 1.00. The van der Waals surface area contributed by atoms with Crippen molar-refractivity contribution in [2.45, 2.75) is 43.5 Å². The molecule has 0 spiro atoms. The van der Waals surface area contributed by atoms with E-state index >= 15 is 0 Å². The number of halogens is 3. The highest BCUT2D eigenvalue weighted by molar-refractivity contribution is 8.67. The Morgan fingerprint density at radius 2 is 1.86 bits per heavy atom. The maximum absolute atomic E-state index is 12.7. The highest BCUT2D eigenvalue weighted by Gasteiger charge is 2.55. The molecule has 0 aliphatic heterocycles. The van der Waals surface area contributed by atoms with Gasteiger partial charge in [-0.25, -0.2) is 4.72 Å². The molecule has 84 valence electrons. The van der Waals surface area contributed by atoms with Gasteiger partial charge in [0.05, 0.1) is 6.10 Å². The number of aliphatic hydroxyl groups excluding tert-OH is 1. The number of nitrogens with one attached hydrogen (secondary N) is 1. The summed E-state index contributed by atoms with van der Waals surface area (Å²) in [5, 5.41) is 9.15. The molecule has 1 fully saturated rings. The molecule has 0 heterocycles. The minimum atomic E-state index is -4.29. The van der Waals surface area contributed by atoms with E-state index in [1.165, 1.54) is 0 Å². The van der Waals surface area contributed by atoms with Gasteiger partial charge in [-0.2, -0.15) is 13.2 Å². The monoisotopic (exact) mass is 247 g/mol. The summed E-state index contributed by atoms with van der Waals surface area (Å²) in [6, 6.07) is 0. The Labute approximate surface area is 89.6 Å². The zero-order valence-electron chi connectivity index (χ0n) is 7.34. The Hall–Kier alpha value is 0.410. The van der Waals surface area contributed by atoms with Crippen LogP contribution in [0.5, 0.6) is 0 Å². The Kier molecular flexibility index (Phi) is 4.02. The molecular weight excluding hydrogens is 235 g/mol. The van der Waals surface area contributed by atoms with Gasteiger partial charge in [0.1, 0.15) is 5.54 Å². The number of thiol groups is 1. The van der Waals surface area contributed by atoms with Crippen molar-refractivity contribution < 1.29 is 18.3 Å².